The molecule has 98 valence electrons. The van der Waals surface area contributed by atoms with Gasteiger partial charge in [-0.1, -0.05) is 0 Å². The van der Waals surface area contributed by atoms with Crippen molar-refractivity contribution in [1.29, 1.82) is 0 Å². The van der Waals surface area contributed by atoms with Gasteiger partial charge in [0.1, 0.15) is 0 Å². The van der Waals surface area contributed by atoms with Crippen molar-refractivity contribution < 1.29 is 4.79 Å². The average molecular weight is 273 g/mol. The quantitative estimate of drug-likeness (QED) is 0.877. The maximum absolute atomic E-state index is 12.3. The van der Waals surface area contributed by atoms with E-state index < -0.39 is 0 Å². The summed E-state index contributed by atoms with van der Waals surface area (Å²) in [6, 6.07) is 4.87. The first-order valence-electron chi connectivity index (χ1n) is 6.67. The second-order valence-electron chi connectivity index (χ2n) is 5.44. The molecular formula is C14H15N3OS. The minimum absolute atomic E-state index is 0.0683. The second-order valence-corrected chi connectivity index (χ2v) is 6.52. The number of carbonyl (C=O) groups excluding carboxylic acids is 1. The zero-order valence-electron chi connectivity index (χ0n) is 10.4. The highest BCUT2D eigenvalue weighted by atomic mass is 32.1. The number of nitrogens with one attached hydrogen (secondary N) is 2. The third-order valence-electron chi connectivity index (χ3n) is 4.23. The molecular weight excluding hydrogens is 258 g/mol. The van der Waals surface area contributed by atoms with Crippen LogP contribution in [0, 0.1) is 5.92 Å². The summed E-state index contributed by atoms with van der Waals surface area (Å²) in [5.74, 6) is 0.684. The van der Waals surface area contributed by atoms with Gasteiger partial charge in [-0.25, -0.2) is 0 Å². The third kappa shape index (κ3) is 1.93. The summed E-state index contributed by atoms with van der Waals surface area (Å²) in [4.78, 5) is 17.2. The highest BCUT2D eigenvalue weighted by Crippen LogP contribution is 2.32. The first-order valence-corrected chi connectivity index (χ1v) is 7.49. The van der Waals surface area contributed by atoms with Gasteiger partial charge in [0.05, 0.1) is 9.58 Å². The van der Waals surface area contributed by atoms with Crippen LogP contribution in [0.2, 0.25) is 0 Å². The Morgan fingerprint density at radius 2 is 2.42 bits per heavy atom. The summed E-state index contributed by atoms with van der Waals surface area (Å²) in [5.41, 5.74) is 0. The van der Waals surface area contributed by atoms with Gasteiger partial charge in [-0.3, -0.25) is 9.78 Å². The summed E-state index contributed by atoms with van der Waals surface area (Å²) >= 11 is 1.52. The molecule has 0 radical (unpaired) electrons. The van der Waals surface area contributed by atoms with Crippen LogP contribution in [0.15, 0.2) is 24.5 Å². The lowest BCUT2D eigenvalue weighted by molar-refractivity contribution is 0.0929. The number of rotatable bonds is 2. The zero-order chi connectivity index (χ0) is 12.8. The SMILES string of the molecule is O=C(NC1CC2CC1CN2)c1cc2ccncc2s1. The predicted octanol–water partition coefficient (Wildman–Crippen LogP) is 1.78. The Hall–Kier alpha value is -1.46. The number of nitrogens with zero attached hydrogens (tertiary/aromatic N) is 1. The number of amides is 1. The van der Waals surface area contributed by atoms with Crippen LogP contribution in [0.5, 0.6) is 0 Å². The highest BCUT2D eigenvalue weighted by molar-refractivity contribution is 7.20. The van der Waals surface area contributed by atoms with Gasteiger partial charge in [-0.05, 0) is 36.3 Å². The van der Waals surface area contributed by atoms with Crippen molar-refractivity contribution in [3.63, 3.8) is 0 Å². The van der Waals surface area contributed by atoms with Crippen molar-refractivity contribution in [2.24, 2.45) is 5.92 Å². The highest BCUT2D eigenvalue weighted by Gasteiger charge is 2.40. The molecule has 2 aliphatic rings. The number of pyridine rings is 1. The molecule has 3 unspecified atom stereocenters. The van der Waals surface area contributed by atoms with Crippen LogP contribution in [-0.4, -0.2) is 29.5 Å². The van der Waals surface area contributed by atoms with Crippen LogP contribution in [0.25, 0.3) is 10.1 Å². The molecule has 2 bridgehead atoms. The maximum Gasteiger partial charge on any atom is 0.261 e. The van der Waals surface area contributed by atoms with Gasteiger partial charge >= 0.3 is 0 Å². The molecule has 1 aliphatic carbocycles. The molecule has 5 heteroatoms. The Bertz CT molecular complexity index is 605. The van der Waals surface area contributed by atoms with E-state index >= 15 is 0 Å². The summed E-state index contributed by atoms with van der Waals surface area (Å²) in [6.07, 6.45) is 5.86. The number of piperidine rings is 1. The van der Waals surface area contributed by atoms with Crippen LogP contribution in [-0.2, 0) is 0 Å². The average Bonchev–Trinajstić information content (AvgIpc) is 3.12. The molecule has 1 saturated heterocycles. The summed E-state index contributed by atoms with van der Waals surface area (Å²) < 4.78 is 1.07. The van der Waals surface area contributed by atoms with Gasteiger partial charge in [0.25, 0.3) is 5.91 Å². The normalized spacial score (nSPS) is 28.9. The van der Waals surface area contributed by atoms with E-state index in [1.165, 1.54) is 17.8 Å². The molecule has 2 fully saturated rings. The van der Waals surface area contributed by atoms with Crippen molar-refractivity contribution in [3.05, 3.63) is 29.4 Å². The molecule has 2 aromatic heterocycles. The summed E-state index contributed by atoms with van der Waals surface area (Å²) in [5, 5.41) is 7.76. The number of carbonyl (C=O) groups is 1. The third-order valence-corrected chi connectivity index (χ3v) is 5.31. The van der Waals surface area contributed by atoms with E-state index in [9.17, 15) is 4.79 Å². The van der Waals surface area contributed by atoms with E-state index in [4.69, 9.17) is 0 Å². The second kappa shape index (κ2) is 4.28. The lowest BCUT2D eigenvalue weighted by Gasteiger charge is -2.23. The van der Waals surface area contributed by atoms with Gasteiger partial charge in [0.2, 0.25) is 0 Å². The van der Waals surface area contributed by atoms with Crippen molar-refractivity contribution in [3.8, 4) is 0 Å². The van der Waals surface area contributed by atoms with E-state index in [2.05, 4.69) is 15.6 Å². The molecule has 19 heavy (non-hydrogen) atoms. The van der Waals surface area contributed by atoms with Crippen LogP contribution in [0.4, 0.5) is 0 Å². The van der Waals surface area contributed by atoms with E-state index in [0.717, 1.165) is 27.9 Å². The Morgan fingerprint density at radius 3 is 3.16 bits per heavy atom. The van der Waals surface area contributed by atoms with Crippen LogP contribution in [0.3, 0.4) is 0 Å². The molecule has 3 atom stereocenters. The fraction of sp³-hybridized carbons (Fsp3) is 0.429. The van der Waals surface area contributed by atoms with Crippen LogP contribution >= 0.6 is 11.3 Å². The molecule has 1 amide bonds. The fourth-order valence-electron chi connectivity index (χ4n) is 3.25. The predicted molar refractivity (Wildman–Crippen MR) is 75.4 cm³/mol. The Labute approximate surface area is 115 Å². The van der Waals surface area contributed by atoms with Crippen molar-refractivity contribution in [1.82, 2.24) is 15.6 Å². The van der Waals surface area contributed by atoms with Gasteiger partial charge in [-0.15, -0.1) is 11.3 Å². The standard InChI is InChI=1S/C14H15N3OS/c18-14(17-11-5-10-3-9(11)6-16-10)12-4-8-1-2-15-7-13(8)19-12/h1-2,4,7,9-11,16H,3,5-6H2,(H,17,18). The first-order chi connectivity index (χ1) is 9.29. The van der Waals surface area contributed by atoms with Crippen molar-refractivity contribution in [2.45, 2.75) is 24.9 Å². The van der Waals surface area contributed by atoms with E-state index in [1.807, 2.05) is 18.3 Å². The van der Waals surface area contributed by atoms with Gasteiger partial charge in [0, 0.05) is 31.0 Å². The lowest BCUT2D eigenvalue weighted by atomic mass is 10.0. The minimum atomic E-state index is 0.0683. The van der Waals surface area contributed by atoms with E-state index in [1.54, 1.807) is 6.20 Å². The number of fused-ring (bicyclic) bond motifs is 3. The molecule has 4 rings (SSSR count). The molecule has 3 heterocycles. The summed E-state index contributed by atoms with van der Waals surface area (Å²) in [6.45, 7) is 1.05. The molecule has 2 aromatic rings. The Morgan fingerprint density at radius 1 is 1.47 bits per heavy atom. The molecule has 0 spiro atoms. The van der Waals surface area contributed by atoms with E-state index in [0.29, 0.717) is 18.0 Å². The topological polar surface area (TPSA) is 54.0 Å². The van der Waals surface area contributed by atoms with Crippen molar-refractivity contribution >= 4 is 27.3 Å². The lowest BCUT2D eigenvalue weighted by Crippen LogP contribution is -2.43. The number of hydrogen-bond donors (Lipinski definition) is 2. The van der Waals surface area contributed by atoms with Crippen LogP contribution < -0.4 is 10.6 Å². The largest absolute Gasteiger partial charge is 0.348 e. The number of aromatic nitrogens is 1. The molecule has 0 aromatic carbocycles. The zero-order valence-corrected chi connectivity index (χ0v) is 11.2. The molecule has 1 aliphatic heterocycles. The number of thiophene rings is 1. The molecule has 1 saturated carbocycles. The molecule has 4 nitrogen and oxygen atoms in total. The first kappa shape index (κ1) is 11.4. The maximum atomic E-state index is 12.3. The van der Waals surface area contributed by atoms with E-state index in [-0.39, 0.29) is 5.91 Å². The Kier molecular flexibility index (Phi) is 2.56. The van der Waals surface area contributed by atoms with Gasteiger partial charge < -0.3 is 10.6 Å². The summed E-state index contributed by atoms with van der Waals surface area (Å²) in [7, 11) is 0. The Balaban J connectivity index is 1.53. The fourth-order valence-corrected chi connectivity index (χ4v) is 4.18. The minimum Gasteiger partial charge on any atom is -0.348 e. The van der Waals surface area contributed by atoms with Gasteiger partial charge in [0.15, 0.2) is 0 Å². The smallest absolute Gasteiger partial charge is 0.261 e. The number of hydrogen-bond acceptors (Lipinski definition) is 4. The monoisotopic (exact) mass is 273 g/mol. The van der Waals surface area contributed by atoms with Crippen molar-refractivity contribution in [2.75, 3.05) is 6.54 Å². The van der Waals surface area contributed by atoms with Crippen LogP contribution in [0.1, 0.15) is 22.5 Å². The molecule has 2 N–H and O–H groups in total. The van der Waals surface area contributed by atoms with Gasteiger partial charge in [-0.2, -0.15) is 0 Å².